The Kier molecular flexibility index (Phi) is 13.5. The molecule has 0 unspecified atom stereocenters. The fourth-order valence-electron chi connectivity index (χ4n) is 7.05. The van der Waals surface area contributed by atoms with E-state index in [0.29, 0.717) is 37.2 Å². The number of nitrogens with one attached hydrogen (secondary N) is 2. The second-order valence-electron chi connectivity index (χ2n) is 14.0. The van der Waals surface area contributed by atoms with Crippen molar-refractivity contribution in [3.8, 4) is 11.1 Å². The maximum Gasteiger partial charge on any atom is 0.224 e. The van der Waals surface area contributed by atoms with Gasteiger partial charge in [-0.3, -0.25) is 9.59 Å². The Morgan fingerprint density at radius 3 is 2.25 bits per heavy atom. The second kappa shape index (κ2) is 18.8. The number of aliphatic hydroxyl groups excluding tert-OH is 1. The Morgan fingerprint density at radius 2 is 1.48 bits per heavy atom. The molecule has 2 heterocycles. The molecule has 2 fully saturated rings. The summed E-state index contributed by atoms with van der Waals surface area (Å²) in [6.07, 6.45) is 6.99. The summed E-state index contributed by atoms with van der Waals surface area (Å²) in [6, 6.07) is 31.9. The highest BCUT2D eigenvalue weighted by molar-refractivity contribution is 5.93. The van der Waals surface area contributed by atoms with E-state index in [-0.39, 0.29) is 30.6 Å². The van der Waals surface area contributed by atoms with Gasteiger partial charge in [0, 0.05) is 37.9 Å². The molecular formula is C43H52N4O5. The summed E-state index contributed by atoms with van der Waals surface area (Å²) in [4.78, 5) is 27.4. The third kappa shape index (κ3) is 10.7. The van der Waals surface area contributed by atoms with Gasteiger partial charge in [0.05, 0.1) is 30.2 Å². The molecule has 52 heavy (non-hydrogen) atoms. The van der Waals surface area contributed by atoms with Crippen molar-refractivity contribution in [3.63, 3.8) is 0 Å². The number of likely N-dealkylation sites (tertiary alicyclic amines) is 1. The summed E-state index contributed by atoms with van der Waals surface area (Å²) in [6.45, 7) is 3.57. The number of hydrogen-bond acceptors (Lipinski definition) is 7. The van der Waals surface area contributed by atoms with Gasteiger partial charge < -0.3 is 35.8 Å². The van der Waals surface area contributed by atoms with Crippen molar-refractivity contribution in [2.45, 2.75) is 89.4 Å². The zero-order valence-corrected chi connectivity index (χ0v) is 30.0. The lowest BCUT2D eigenvalue weighted by atomic mass is 9.98. The molecule has 9 nitrogen and oxygen atoms in total. The fourth-order valence-corrected chi connectivity index (χ4v) is 7.05. The van der Waals surface area contributed by atoms with Crippen LogP contribution in [0.25, 0.3) is 11.1 Å². The minimum atomic E-state index is -0.509. The number of carbonyl (C=O) groups excluding carboxylic acids is 2. The van der Waals surface area contributed by atoms with Gasteiger partial charge in [-0.1, -0.05) is 85.6 Å². The molecule has 0 bridgehead atoms. The number of anilines is 2. The number of unbranched alkanes of at least 4 members (excludes halogenated alkanes) is 2. The first-order chi connectivity index (χ1) is 25.4. The van der Waals surface area contributed by atoms with E-state index in [1.165, 1.54) is 19.3 Å². The summed E-state index contributed by atoms with van der Waals surface area (Å²) in [7, 11) is 0. The van der Waals surface area contributed by atoms with Crippen LogP contribution in [0.5, 0.6) is 0 Å². The van der Waals surface area contributed by atoms with E-state index >= 15 is 0 Å². The van der Waals surface area contributed by atoms with Crippen LogP contribution in [0.3, 0.4) is 0 Å². The first-order valence-corrected chi connectivity index (χ1v) is 18.8. The van der Waals surface area contributed by atoms with E-state index in [1.54, 1.807) is 12.1 Å². The maximum absolute atomic E-state index is 12.6. The lowest BCUT2D eigenvalue weighted by Gasteiger charge is -2.39. The number of para-hydroxylation sites is 2. The number of aliphatic hydroxyl groups is 1. The average Bonchev–Trinajstić information content (AvgIpc) is 3.18. The van der Waals surface area contributed by atoms with Crippen molar-refractivity contribution in [3.05, 3.63) is 119 Å². The number of rotatable bonds is 15. The molecule has 274 valence electrons. The molecule has 2 aliphatic rings. The number of amides is 2. The zero-order valence-electron chi connectivity index (χ0n) is 30.0. The van der Waals surface area contributed by atoms with Gasteiger partial charge in [0.15, 0.2) is 6.29 Å². The molecule has 2 amide bonds. The van der Waals surface area contributed by atoms with Crippen LogP contribution in [0.1, 0.15) is 92.4 Å². The standard InChI is InChI=1S/C43H52N4O5/c44-38-15-5-6-16-39(38)46-42(50)18-4-1-3-17-41(49)45-28-32-11-9-12-34(25-32)35-13-10-14-36(26-35)43-51-37(29-47-23-7-2-8-24-47)27-40(52-43)33-21-19-31(30-48)20-22-33/h5-6,9-16,19-22,25-26,37,40,43,48H,1-4,7-8,17-18,23-24,27-30,44H2,(H,45,49)(H,46,50)/t37-,40+,43+/m0/s1. The number of hydrogen-bond donors (Lipinski definition) is 4. The molecule has 4 aromatic rings. The van der Waals surface area contributed by atoms with Crippen molar-refractivity contribution in [2.24, 2.45) is 0 Å². The third-order valence-electron chi connectivity index (χ3n) is 9.98. The van der Waals surface area contributed by atoms with E-state index in [9.17, 15) is 14.7 Å². The van der Waals surface area contributed by atoms with Gasteiger partial charge in [-0.15, -0.1) is 0 Å². The quantitative estimate of drug-likeness (QED) is 0.0740. The minimum Gasteiger partial charge on any atom is -0.397 e. The Balaban J connectivity index is 1.02. The largest absolute Gasteiger partial charge is 0.397 e. The molecule has 2 saturated heterocycles. The highest BCUT2D eigenvalue weighted by Gasteiger charge is 2.33. The van der Waals surface area contributed by atoms with Crippen LogP contribution in [0.2, 0.25) is 0 Å². The van der Waals surface area contributed by atoms with Gasteiger partial charge in [-0.25, -0.2) is 0 Å². The summed E-state index contributed by atoms with van der Waals surface area (Å²) < 4.78 is 13.3. The Hall–Kier alpha value is -4.54. The summed E-state index contributed by atoms with van der Waals surface area (Å²) in [5.41, 5.74) is 13.2. The topological polar surface area (TPSA) is 126 Å². The normalized spacial score (nSPS) is 19.2. The number of nitrogens with two attached hydrogens (primary N) is 1. The fraction of sp³-hybridized carbons (Fsp3) is 0.395. The van der Waals surface area contributed by atoms with Crippen molar-refractivity contribution < 1.29 is 24.2 Å². The first kappa shape index (κ1) is 37.2. The highest BCUT2D eigenvalue weighted by Crippen LogP contribution is 2.39. The number of carbonyl (C=O) groups is 2. The zero-order chi connectivity index (χ0) is 36.1. The molecule has 9 heteroatoms. The van der Waals surface area contributed by atoms with Gasteiger partial charge in [0.1, 0.15) is 0 Å². The average molecular weight is 705 g/mol. The molecule has 3 atom stereocenters. The van der Waals surface area contributed by atoms with Crippen LogP contribution in [0.4, 0.5) is 11.4 Å². The smallest absolute Gasteiger partial charge is 0.224 e. The second-order valence-corrected chi connectivity index (χ2v) is 14.0. The van der Waals surface area contributed by atoms with E-state index in [1.807, 2.05) is 42.5 Å². The van der Waals surface area contributed by atoms with Gasteiger partial charge in [0.2, 0.25) is 11.8 Å². The lowest BCUT2D eigenvalue weighted by molar-refractivity contribution is -0.253. The Labute approximate surface area is 307 Å². The first-order valence-electron chi connectivity index (χ1n) is 18.8. The third-order valence-corrected chi connectivity index (χ3v) is 9.98. The molecule has 0 aromatic heterocycles. The number of benzene rings is 4. The predicted molar refractivity (Wildman–Crippen MR) is 205 cm³/mol. The molecule has 5 N–H and O–H groups in total. The number of nitrogen functional groups attached to an aromatic ring is 1. The van der Waals surface area contributed by atoms with Crippen LogP contribution >= 0.6 is 0 Å². The van der Waals surface area contributed by atoms with Crippen LogP contribution in [0, 0.1) is 0 Å². The van der Waals surface area contributed by atoms with Crippen LogP contribution < -0.4 is 16.4 Å². The SMILES string of the molecule is Nc1ccccc1NC(=O)CCCCCC(=O)NCc1cccc(-c2cccc([C@@H]3O[C@H](CN4CCCCC4)C[C@H](c4ccc(CO)cc4)O3)c2)c1. The predicted octanol–water partition coefficient (Wildman–Crippen LogP) is 7.66. The monoisotopic (exact) mass is 704 g/mol. The van der Waals surface area contributed by atoms with Crippen molar-refractivity contribution >= 4 is 23.2 Å². The highest BCUT2D eigenvalue weighted by atomic mass is 16.7. The van der Waals surface area contributed by atoms with Crippen LogP contribution in [0.15, 0.2) is 97.1 Å². The van der Waals surface area contributed by atoms with Crippen molar-refractivity contribution in [1.82, 2.24) is 10.2 Å². The number of ether oxygens (including phenoxy) is 2. The van der Waals surface area contributed by atoms with E-state index in [2.05, 4.69) is 58.0 Å². The molecule has 0 radical (unpaired) electrons. The Bertz CT molecular complexity index is 1760. The molecule has 0 aliphatic carbocycles. The Morgan fingerprint density at radius 1 is 0.750 bits per heavy atom. The number of piperidine rings is 1. The lowest BCUT2D eigenvalue weighted by Crippen LogP contribution is -2.41. The van der Waals surface area contributed by atoms with Crippen LogP contribution in [-0.4, -0.2) is 47.6 Å². The summed E-state index contributed by atoms with van der Waals surface area (Å²) in [5, 5.41) is 15.5. The van der Waals surface area contributed by atoms with Gasteiger partial charge in [-0.05, 0) is 90.9 Å². The minimum absolute atomic E-state index is 0.000157. The maximum atomic E-state index is 12.6. The van der Waals surface area contributed by atoms with E-state index in [4.69, 9.17) is 15.2 Å². The summed E-state index contributed by atoms with van der Waals surface area (Å²) >= 11 is 0. The van der Waals surface area contributed by atoms with Gasteiger partial charge in [0.25, 0.3) is 0 Å². The van der Waals surface area contributed by atoms with Gasteiger partial charge >= 0.3 is 0 Å². The van der Waals surface area contributed by atoms with E-state index in [0.717, 1.165) is 72.3 Å². The van der Waals surface area contributed by atoms with Crippen molar-refractivity contribution in [2.75, 3.05) is 30.7 Å². The van der Waals surface area contributed by atoms with E-state index < -0.39 is 6.29 Å². The number of nitrogens with zero attached hydrogens (tertiary/aromatic N) is 1. The molecule has 4 aromatic carbocycles. The molecule has 2 aliphatic heterocycles. The molecular weight excluding hydrogens is 652 g/mol. The van der Waals surface area contributed by atoms with Gasteiger partial charge in [-0.2, -0.15) is 0 Å². The van der Waals surface area contributed by atoms with Crippen molar-refractivity contribution in [1.29, 1.82) is 0 Å². The molecule has 6 rings (SSSR count). The molecule has 0 saturated carbocycles. The molecule has 0 spiro atoms. The van der Waals surface area contributed by atoms with Crippen LogP contribution in [-0.2, 0) is 32.2 Å². The summed E-state index contributed by atoms with van der Waals surface area (Å²) in [5.74, 6) is -0.0712.